The molecule has 0 unspecified atom stereocenters. The maximum atomic E-state index is 13.5. The Morgan fingerprint density at radius 2 is 1.70 bits per heavy atom. The minimum Gasteiger partial charge on any atom is -0.569 e. The number of halogens is 3. The van der Waals surface area contributed by atoms with Gasteiger partial charge in [-0.1, -0.05) is 43.7 Å². The number of carbonyl (C=O) groups is 2. The molecule has 0 radical (unpaired) electrons. The summed E-state index contributed by atoms with van der Waals surface area (Å²) >= 11 is 0. The molecule has 0 saturated heterocycles. The Hall–Kier alpha value is -4.87. The van der Waals surface area contributed by atoms with Crippen molar-refractivity contribution in [3.8, 4) is 16.9 Å². The fourth-order valence-corrected chi connectivity index (χ4v) is 5.10. The lowest BCUT2D eigenvalue weighted by Crippen LogP contribution is -2.51. The average molecular weight is 671 g/mol. The van der Waals surface area contributed by atoms with Gasteiger partial charge in [-0.3, -0.25) is 4.79 Å². The fourth-order valence-electron chi connectivity index (χ4n) is 4.11. The highest BCUT2D eigenvalue weighted by Crippen LogP contribution is 2.33. The molecule has 18 heteroatoms. The molecule has 0 bridgehead atoms. The predicted octanol–water partition coefficient (Wildman–Crippen LogP) is 4.96. The van der Waals surface area contributed by atoms with E-state index in [0.717, 1.165) is 40.5 Å². The number of benzene rings is 2. The molecule has 0 spiro atoms. The maximum absolute atomic E-state index is 13.5. The van der Waals surface area contributed by atoms with E-state index in [0.29, 0.717) is 5.56 Å². The van der Waals surface area contributed by atoms with Gasteiger partial charge in [0.15, 0.2) is 11.7 Å². The summed E-state index contributed by atoms with van der Waals surface area (Å²) in [4.78, 5) is 28.5. The Morgan fingerprint density at radius 1 is 1.09 bits per heavy atom. The Labute approximate surface area is 262 Å². The van der Waals surface area contributed by atoms with Gasteiger partial charge in [0.25, 0.3) is 22.7 Å². The normalized spacial score (nSPS) is 13.0. The van der Waals surface area contributed by atoms with Gasteiger partial charge in [-0.25, -0.2) is 22.6 Å². The summed E-state index contributed by atoms with van der Waals surface area (Å²) in [5.41, 5.74) is 0.460. The zero-order chi connectivity index (χ0) is 34.4. The van der Waals surface area contributed by atoms with Gasteiger partial charge in [0.1, 0.15) is 0 Å². The third kappa shape index (κ3) is 9.09. The van der Waals surface area contributed by atoms with Crippen LogP contribution in [0.5, 0.6) is 0 Å². The first-order valence-electron chi connectivity index (χ1n) is 13.7. The summed E-state index contributed by atoms with van der Waals surface area (Å²) in [7, 11) is -3.35. The molecule has 46 heavy (non-hydrogen) atoms. The minimum atomic E-state index is -4.73. The number of sulfonamides is 1. The van der Waals surface area contributed by atoms with Crippen molar-refractivity contribution >= 4 is 22.1 Å². The monoisotopic (exact) mass is 670 g/mol. The Kier molecular flexibility index (Phi) is 11.2. The molecule has 0 fully saturated rings. The molecule has 1 N–H and O–H groups in total. The third-order valence-corrected chi connectivity index (χ3v) is 7.60. The fraction of sp³-hybridized carbons (Fsp3) is 0.393. The zero-order valence-electron chi connectivity index (χ0n) is 25.7. The SMILES string of the molecule is Cc1ccc(-c2cc(C(F)(F)F)nn2-c2ccc(S(=O)(=O)NC(=O)[C@H](C(C)C)N(C)/[N+]([O-])=N/OCOC(=O)OC(C)C)cc2)cc1. The van der Waals surface area contributed by atoms with E-state index in [4.69, 9.17) is 4.74 Å². The Morgan fingerprint density at radius 3 is 2.24 bits per heavy atom. The standard InChI is InChI=1S/C28H33F3N6O8S/c1-17(2)25(35(6)37(40)34-44-16-43-27(39)45-18(3)4)26(38)33-46(41,42)22-13-11-21(12-14-22)36-23(15-24(32-36)28(29,30)31)20-9-7-19(5)8-10-20/h7-15,17-18,25H,16H2,1-6H3,(H,33,38)/b37-34-/t25-/m0/s1. The van der Waals surface area contributed by atoms with E-state index in [1.165, 1.54) is 12.1 Å². The number of alkyl halides is 3. The minimum absolute atomic E-state index is 0.123. The van der Waals surface area contributed by atoms with Crippen LogP contribution in [0.3, 0.4) is 0 Å². The Bertz CT molecular complexity index is 1660. The predicted molar refractivity (Wildman–Crippen MR) is 155 cm³/mol. The van der Waals surface area contributed by atoms with Crippen LogP contribution in [-0.4, -0.2) is 66.2 Å². The largest absolute Gasteiger partial charge is 0.569 e. The van der Waals surface area contributed by atoms with E-state index in [9.17, 15) is 36.4 Å². The summed E-state index contributed by atoms with van der Waals surface area (Å²) in [6, 6.07) is 10.9. The number of hydrazine groups is 1. The molecule has 0 aliphatic heterocycles. The molecule has 0 saturated carbocycles. The van der Waals surface area contributed by atoms with Crippen molar-refractivity contribution in [2.45, 2.75) is 57.8 Å². The molecular formula is C28H33F3N6O8S. The molecular weight excluding hydrogens is 637 g/mol. The summed E-state index contributed by atoms with van der Waals surface area (Å²) in [5.74, 6) is -1.70. The van der Waals surface area contributed by atoms with E-state index in [1.807, 2.05) is 11.6 Å². The van der Waals surface area contributed by atoms with Gasteiger partial charge < -0.3 is 19.5 Å². The van der Waals surface area contributed by atoms with Gasteiger partial charge in [-0.15, -0.1) is 5.01 Å². The van der Waals surface area contributed by atoms with Crippen LogP contribution in [0.2, 0.25) is 0 Å². The van der Waals surface area contributed by atoms with Crippen molar-refractivity contribution in [2.24, 2.45) is 11.2 Å². The number of carbonyl (C=O) groups excluding carboxylic acids is 2. The second-order valence-corrected chi connectivity index (χ2v) is 12.2. The number of aryl methyl sites for hydroxylation is 1. The highest BCUT2D eigenvalue weighted by molar-refractivity contribution is 7.90. The summed E-state index contributed by atoms with van der Waals surface area (Å²) in [6.45, 7) is 7.33. The summed E-state index contributed by atoms with van der Waals surface area (Å²) < 4.78 is 79.0. The molecule has 0 aliphatic carbocycles. The highest BCUT2D eigenvalue weighted by atomic mass is 32.2. The first kappa shape index (κ1) is 35.6. The number of ether oxygens (including phenoxy) is 2. The van der Waals surface area contributed by atoms with E-state index in [2.05, 4.69) is 20.0 Å². The second kappa shape index (κ2) is 14.5. The smallest absolute Gasteiger partial charge is 0.511 e. The molecule has 2 aromatic carbocycles. The van der Waals surface area contributed by atoms with Crippen LogP contribution in [-0.2, 0) is 35.3 Å². The maximum Gasteiger partial charge on any atom is 0.511 e. The van der Waals surface area contributed by atoms with Crippen LogP contribution in [0, 0.1) is 18.0 Å². The van der Waals surface area contributed by atoms with Crippen LogP contribution in [0.1, 0.15) is 39.0 Å². The van der Waals surface area contributed by atoms with Crippen molar-refractivity contribution in [1.29, 1.82) is 0 Å². The van der Waals surface area contributed by atoms with Crippen LogP contribution < -0.4 is 4.72 Å². The van der Waals surface area contributed by atoms with Crippen molar-refractivity contribution in [2.75, 3.05) is 13.8 Å². The lowest BCUT2D eigenvalue weighted by atomic mass is 10.0. The van der Waals surface area contributed by atoms with E-state index >= 15 is 0 Å². The topological polar surface area (TPSA) is 167 Å². The summed E-state index contributed by atoms with van der Waals surface area (Å²) in [6.07, 6.45) is -6.24. The highest BCUT2D eigenvalue weighted by Gasteiger charge is 2.36. The van der Waals surface area contributed by atoms with Crippen LogP contribution in [0.25, 0.3) is 16.9 Å². The zero-order valence-corrected chi connectivity index (χ0v) is 26.5. The Balaban J connectivity index is 1.79. The van der Waals surface area contributed by atoms with Gasteiger partial charge >= 0.3 is 12.3 Å². The van der Waals surface area contributed by atoms with Crippen LogP contribution in [0.15, 0.2) is 64.8 Å². The van der Waals surface area contributed by atoms with Crippen LogP contribution >= 0.6 is 0 Å². The number of aromatic nitrogens is 2. The second-order valence-electron chi connectivity index (χ2n) is 10.6. The molecule has 250 valence electrons. The molecule has 1 amide bonds. The lowest BCUT2D eigenvalue weighted by Gasteiger charge is -2.25. The van der Waals surface area contributed by atoms with E-state index < -0.39 is 58.8 Å². The molecule has 1 aromatic heterocycles. The molecule has 14 nitrogen and oxygen atoms in total. The van der Waals surface area contributed by atoms with E-state index in [1.54, 1.807) is 52.0 Å². The molecule has 3 aromatic rings. The number of likely N-dealkylation sites (N-methyl/N-ethyl adjacent to an activating group) is 1. The lowest BCUT2D eigenvalue weighted by molar-refractivity contribution is -0.712. The van der Waals surface area contributed by atoms with Gasteiger partial charge in [-0.2, -0.15) is 18.3 Å². The first-order chi connectivity index (χ1) is 21.4. The number of hydrogen-bond acceptors (Lipinski definition) is 10. The first-order valence-corrected chi connectivity index (χ1v) is 15.2. The number of hydrogen-bond donors (Lipinski definition) is 1. The van der Waals surface area contributed by atoms with Crippen molar-refractivity contribution in [3.05, 3.63) is 71.1 Å². The average Bonchev–Trinajstić information content (AvgIpc) is 3.41. The van der Waals surface area contributed by atoms with Crippen LogP contribution in [0.4, 0.5) is 18.0 Å². The van der Waals surface area contributed by atoms with Gasteiger partial charge in [0, 0.05) is 5.56 Å². The molecule has 3 rings (SSSR count). The molecule has 0 aliphatic rings. The van der Waals surface area contributed by atoms with Gasteiger partial charge in [0.2, 0.25) is 5.28 Å². The van der Waals surface area contributed by atoms with Crippen molar-refractivity contribution in [3.63, 3.8) is 0 Å². The molecule has 1 heterocycles. The quantitative estimate of drug-likeness (QED) is 0.0695. The van der Waals surface area contributed by atoms with Crippen molar-refractivity contribution < 1.29 is 50.5 Å². The number of rotatable bonds is 12. The van der Waals surface area contributed by atoms with E-state index in [-0.39, 0.29) is 21.2 Å². The molecule has 1 atom stereocenters. The number of nitrogens with zero attached hydrogens (tertiary/aromatic N) is 5. The third-order valence-electron chi connectivity index (χ3n) is 6.24. The summed E-state index contributed by atoms with van der Waals surface area (Å²) in [5, 5.41) is 20.0. The van der Waals surface area contributed by atoms with Gasteiger partial charge in [0.05, 0.1) is 34.4 Å². The van der Waals surface area contributed by atoms with Crippen molar-refractivity contribution in [1.82, 2.24) is 19.5 Å². The number of amides is 1. The number of nitrogens with one attached hydrogen (secondary N) is 1. The van der Waals surface area contributed by atoms with Gasteiger partial charge in [-0.05, 0) is 57.0 Å².